The van der Waals surface area contributed by atoms with E-state index in [1.54, 1.807) is 7.11 Å². The second-order valence-corrected chi connectivity index (χ2v) is 7.39. The minimum Gasteiger partial charge on any atom is -0.497 e. The lowest BCUT2D eigenvalue weighted by molar-refractivity contribution is -0.116. The second-order valence-electron chi connectivity index (χ2n) is 5.16. The number of carbonyl (C=O) groups is 1. The first kappa shape index (κ1) is 15.6. The summed E-state index contributed by atoms with van der Waals surface area (Å²) in [6, 6.07) is 7.13. The molecule has 0 radical (unpaired) electrons. The first-order valence-corrected chi connectivity index (χ1v) is 8.55. The van der Waals surface area contributed by atoms with Crippen molar-refractivity contribution in [2.24, 2.45) is 0 Å². The molecular weight excluding hydrogens is 290 g/mol. The highest BCUT2D eigenvalue weighted by molar-refractivity contribution is 7.91. The lowest BCUT2D eigenvalue weighted by Crippen LogP contribution is -2.34. The average Bonchev–Trinajstić information content (AvgIpc) is 2.77. The number of methoxy groups -OCH3 is 1. The van der Waals surface area contributed by atoms with Crippen LogP contribution in [0, 0.1) is 0 Å². The number of allylic oxidation sites excluding steroid dienone is 1. The molecule has 1 amide bonds. The van der Waals surface area contributed by atoms with Gasteiger partial charge in [0.05, 0.1) is 18.6 Å². The van der Waals surface area contributed by atoms with Crippen LogP contribution in [0.2, 0.25) is 0 Å². The SMILES string of the molecule is COc1ccc(/C(C)=C/C(=O)NC2CCS(=O)(=O)C2)cc1. The maximum Gasteiger partial charge on any atom is 0.244 e. The smallest absolute Gasteiger partial charge is 0.244 e. The number of hydrogen-bond donors (Lipinski definition) is 1. The average molecular weight is 309 g/mol. The van der Waals surface area contributed by atoms with Crippen LogP contribution in [-0.2, 0) is 14.6 Å². The van der Waals surface area contributed by atoms with E-state index in [0.29, 0.717) is 6.42 Å². The predicted molar refractivity (Wildman–Crippen MR) is 81.8 cm³/mol. The molecule has 6 heteroatoms. The van der Waals surface area contributed by atoms with Gasteiger partial charge in [0.15, 0.2) is 9.84 Å². The number of rotatable bonds is 4. The molecule has 5 nitrogen and oxygen atoms in total. The summed E-state index contributed by atoms with van der Waals surface area (Å²) in [6.07, 6.45) is 1.98. The molecule has 1 unspecified atom stereocenters. The zero-order chi connectivity index (χ0) is 15.5. The molecule has 1 aromatic carbocycles. The zero-order valence-electron chi connectivity index (χ0n) is 12.1. The number of nitrogens with one attached hydrogen (secondary N) is 1. The summed E-state index contributed by atoms with van der Waals surface area (Å²) >= 11 is 0. The van der Waals surface area contributed by atoms with Gasteiger partial charge in [-0.2, -0.15) is 0 Å². The molecule has 0 aromatic heterocycles. The Balaban J connectivity index is 1.99. The minimum atomic E-state index is -2.98. The Hall–Kier alpha value is -1.82. The van der Waals surface area contributed by atoms with Gasteiger partial charge in [-0.3, -0.25) is 4.79 Å². The Labute approximate surface area is 124 Å². The van der Waals surface area contributed by atoms with Gasteiger partial charge in [0.25, 0.3) is 0 Å². The van der Waals surface area contributed by atoms with Gasteiger partial charge in [0.1, 0.15) is 5.75 Å². The Morgan fingerprint density at radius 3 is 2.52 bits per heavy atom. The maximum absolute atomic E-state index is 11.9. The molecule has 1 N–H and O–H groups in total. The standard InChI is InChI=1S/C15H19NO4S/c1-11(12-3-5-14(20-2)6-4-12)9-15(17)16-13-7-8-21(18,19)10-13/h3-6,9,13H,7-8,10H2,1-2H3,(H,16,17)/b11-9+. The molecule has 114 valence electrons. The van der Waals surface area contributed by atoms with E-state index in [1.165, 1.54) is 6.08 Å². The lowest BCUT2D eigenvalue weighted by atomic mass is 10.1. The van der Waals surface area contributed by atoms with Gasteiger partial charge < -0.3 is 10.1 Å². The number of carbonyl (C=O) groups excluding carboxylic acids is 1. The predicted octanol–water partition coefficient (Wildman–Crippen LogP) is 1.40. The highest BCUT2D eigenvalue weighted by atomic mass is 32.2. The van der Waals surface area contributed by atoms with Gasteiger partial charge in [0, 0.05) is 12.1 Å². The highest BCUT2D eigenvalue weighted by Crippen LogP contribution is 2.18. The summed E-state index contributed by atoms with van der Waals surface area (Å²) in [5.74, 6) is 0.686. The summed E-state index contributed by atoms with van der Waals surface area (Å²) in [5.41, 5.74) is 1.74. The first-order chi connectivity index (χ1) is 9.89. The van der Waals surface area contributed by atoms with Crippen LogP contribution in [0.4, 0.5) is 0 Å². The van der Waals surface area contributed by atoms with Crippen LogP contribution in [0.5, 0.6) is 5.75 Å². The molecule has 1 aliphatic heterocycles. The van der Waals surface area contributed by atoms with Gasteiger partial charge in [-0.1, -0.05) is 12.1 Å². The largest absolute Gasteiger partial charge is 0.497 e. The fourth-order valence-corrected chi connectivity index (χ4v) is 3.96. The van der Waals surface area contributed by atoms with E-state index in [9.17, 15) is 13.2 Å². The minimum absolute atomic E-state index is 0.0359. The quantitative estimate of drug-likeness (QED) is 0.853. The fourth-order valence-electron chi connectivity index (χ4n) is 2.29. The van der Waals surface area contributed by atoms with E-state index in [-0.39, 0.29) is 23.5 Å². The number of amides is 1. The van der Waals surface area contributed by atoms with Crippen molar-refractivity contribution in [1.82, 2.24) is 5.32 Å². The van der Waals surface area contributed by atoms with Crippen molar-refractivity contribution in [3.05, 3.63) is 35.9 Å². The Morgan fingerprint density at radius 1 is 1.33 bits per heavy atom. The maximum atomic E-state index is 11.9. The van der Waals surface area contributed by atoms with Gasteiger partial charge in [-0.05, 0) is 36.6 Å². The van der Waals surface area contributed by atoms with E-state index in [0.717, 1.165) is 16.9 Å². The van der Waals surface area contributed by atoms with E-state index in [4.69, 9.17) is 4.74 Å². The molecule has 0 saturated carbocycles. The summed E-state index contributed by atoms with van der Waals surface area (Å²) in [6.45, 7) is 1.84. The number of benzene rings is 1. The number of sulfone groups is 1. The second kappa shape index (κ2) is 6.30. The molecule has 1 fully saturated rings. The van der Waals surface area contributed by atoms with Crippen LogP contribution in [-0.4, -0.2) is 39.0 Å². The zero-order valence-corrected chi connectivity index (χ0v) is 12.9. The molecule has 1 atom stereocenters. The Kier molecular flexibility index (Phi) is 4.67. The van der Waals surface area contributed by atoms with Gasteiger partial charge in [0.2, 0.25) is 5.91 Å². The molecule has 21 heavy (non-hydrogen) atoms. The van der Waals surface area contributed by atoms with Crippen molar-refractivity contribution in [1.29, 1.82) is 0 Å². The monoisotopic (exact) mass is 309 g/mol. The molecular formula is C15H19NO4S. The van der Waals surface area contributed by atoms with E-state index >= 15 is 0 Å². The van der Waals surface area contributed by atoms with E-state index in [2.05, 4.69) is 5.32 Å². The van der Waals surface area contributed by atoms with Crippen LogP contribution in [0.3, 0.4) is 0 Å². The van der Waals surface area contributed by atoms with Crippen molar-refractivity contribution in [2.75, 3.05) is 18.6 Å². The molecule has 1 saturated heterocycles. The normalized spacial score (nSPS) is 21.0. The van der Waals surface area contributed by atoms with Crippen LogP contribution in [0.25, 0.3) is 5.57 Å². The topological polar surface area (TPSA) is 72.5 Å². The first-order valence-electron chi connectivity index (χ1n) is 6.73. The third-order valence-electron chi connectivity index (χ3n) is 3.47. The summed E-state index contributed by atoms with van der Waals surface area (Å²) in [5, 5.41) is 2.74. The van der Waals surface area contributed by atoms with Gasteiger partial charge in [-0.15, -0.1) is 0 Å². The Bertz CT molecular complexity index is 647. The van der Waals surface area contributed by atoms with Crippen molar-refractivity contribution < 1.29 is 17.9 Å². The molecule has 0 spiro atoms. The van der Waals surface area contributed by atoms with Gasteiger partial charge in [-0.25, -0.2) is 8.42 Å². The van der Waals surface area contributed by atoms with Crippen molar-refractivity contribution in [2.45, 2.75) is 19.4 Å². The van der Waals surface area contributed by atoms with Gasteiger partial charge >= 0.3 is 0 Å². The summed E-state index contributed by atoms with van der Waals surface area (Å²) < 4.78 is 27.8. The van der Waals surface area contributed by atoms with Crippen LogP contribution in [0.15, 0.2) is 30.3 Å². The molecule has 2 rings (SSSR count). The van der Waals surface area contributed by atoms with Crippen molar-refractivity contribution >= 4 is 21.3 Å². The number of ether oxygens (including phenoxy) is 1. The number of hydrogen-bond acceptors (Lipinski definition) is 4. The highest BCUT2D eigenvalue weighted by Gasteiger charge is 2.28. The molecule has 0 bridgehead atoms. The molecule has 1 aromatic rings. The van der Waals surface area contributed by atoms with Crippen LogP contribution < -0.4 is 10.1 Å². The van der Waals surface area contributed by atoms with Crippen molar-refractivity contribution in [3.63, 3.8) is 0 Å². The van der Waals surface area contributed by atoms with Crippen molar-refractivity contribution in [3.8, 4) is 5.75 Å². The Morgan fingerprint density at radius 2 is 2.00 bits per heavy atom. The van der Waals surface area contributed by atoms with E-state index in [1.807, 2.05) is 31.2 Å². The summed E-state index contributed by atoms with van der Waals surface area (Å²) in [4.78, 5) is 11.9. The lowest BCUT2D eigenvalue weighted by Gasteiger charge is -2.09. The van der Waals surface area contributed by atoms with Crippen LogP contribution in [0.1, 0.15) is 18.9 Å². The molecule has 0 aliphatic carbocycles. The van der Waals surface area contributed by atoms with Crippen LogP contribution >= 0.6 is 0 Å². The fraction of sp³-hybridized carbons (Fsp3) is 0.400. The summed E-state index contributed by atoms with van der Waals surface area (Å²) in [7, 11) is -1.38. The molecule has 1 aliphatic rings. The third-order valence-corrected chi connectivity index (χ3v) is 5.24. The third kappa shape index (κ3) is 4.32. The van der Waals surface area contributed by atoms with E-state index < -0.39 is 9.84 Å². The molecule has 1 heterocycles.